The van der Waals surface area contributed by atoms with Crippen molar-refractivity contribution in [3.8, 4) is 0 Å². The second-order valence-electron chi connectivity index (χ2n) is 8.35. The van der Waals surface area contributed by atoms with Gasteiger partial charge in [-0.25, -0.2) is 4.39 Å². The van der Waals surface area contributed by atoms with Crippen molar-refractivity contribution in [1.29, 1.82) is 0 Å². The van der Waals surface area contributed by atoms with Crippen molar-refractivity contribution in [2.24, 2.45) is 0 Å². The smallest absolute Gasteiger partial charge is 0.237 e. The zero-order chi connectivity index (χ0) is 20.3. The molecular weight excluding hydrogens is 367 g/mol. The first kappa shape index (κ1) is 20.0. The van der Waals surface area contributed by atoms with E-state index in [2.05, 4.69) is 11.4 Å². The van der Waals surface area contributed by atoms with E-state index in [1.54, 1.807) is 17.0 Å². The van der Waals surface area contributed by atoms with E-state index in [-0.39, 0.29) is 18.3 Å². The van der Waals surface area contributed by atoms with Gasteiger partial charge < -0.3 is 15.3 Å². The highest BCUT2D eigenvalue weighted by molar-refractivity contribution is 5.79. The third-order valence-corrected chi connectivity index (χ3v) is 6.32. The number of amides is 1. The van der Waals surface area contributed by atoms with Crippen LogP contribution in [0, 0.1) is 5.82 Å². The zero-order valence-corrected chi connectivity index (χ0v) is 16.7. The number of halogens is 1. The normalized spacial score (nSPS) is 20.9. The number of carbonyl (C=O) groups is 1. The lowest BCUT2D eigenvalue weighted by Gasteiger charge is -2.38. The SMILES string of the molecule is O=C(CNCC1(O)CCCCC1)N1CCc2ccccc2C1c1ccccc1F. The highest BCUT2D eigenvalue weighted by Crippen LogP contribution is 2.36. The maximum atomic E-state index is 14.7. The molecule has 4 nitrogen and oxygen atoms in total. The molecule has 1 aliphatic heterocycles. The van der Waals surface area contributed by atoms with Crippen molar-refractivity contribution in [1.82, 2.24) is 10.2 Å². The van der Waals surface area contributed by atoms with Crippen molar-refractivity contribution in [2.75, 3.05) is 19.6 Å². The summed E-state index contributed by atoms with van der Waals surface area (Å²) in [5.41, 5.74) is 1.97. The van der Waals surface area contributed by atoms with E-state index < -0.39 is 11.6 Å². The molecule has 0 saturated heterocycles. The lowest BCUT2D eigenvalue weighted by Crippen LogP contribution is -2.48. The van der Waals surface area contributed by atoms with Gasteiger partial charge in [-0.3, -0.25) is 4.79 Å². The Labute approximate surface area is 171 Å². The lowest BCUT2D eigenvalue weighted by molar-refractivity contribution is -0.132. The first-order chi connectivity index (χ1) is 14.1. The van der Waals surface area contributed by atoms with Gasteiger partial charge in [0.15, 0.2) is 0 Å². The summed E-state index contributed by atoms with van der Waals surface area (Å²) in [7, 11) is 0. The fourth-order valence-corrected chi connectivity index (χ4v) is 4.76. The van der Waals surface area contributed by atoms with Crippen LogP contribution in [0.4, 0.5) is 4.39 Å². The molecule has 2 aromatic rings. The standard InChI is InChI=1S/C24H29FN2O2/c25-21-11-5-4-10-20(21)23-19-9-3-2-8-18(19)12-15-27(23)22(28)16-26-17-24(29)13-6-1-7-14-24/h2-5,8-11,23,26,29H,1,6-7,12-17H2. The van der Waals surface area contributed by atoms with Gasteiger partial charge in [-0.05, 0) is 36.5 Å². The Hall–Kier alpha value is -2.24. The predicted octanol–water partition coefficient (Wildman–Crippen LogP) is 3.58. The molecule has 2 N–H and O–H groups in total. The number of carbonyl (C=O) groups excluding carboxylic acids is 1. The molecule has 1 unspecified atom stereocenters. The van der Waals surface area contributed by atoms with E-state index in [4.69, 9.17) is 0 Å². The number of hydrogen-bond donors (Lipinski definition) is 2. The maximum absolute atomic E-state index is 14.7. The zero-order valence-electron chi connectivity index (χ0n) is 16.7. The van der Waals surface area contributed by atoms with Crippen LogP contribution in [0.1, 0.15) is 54.8 Å². The summed E-state index contributed by atoms with van der Waals surface area (Å²) in [6.45, 7) is 1.13. The van der Waals surface area contributed by atoms with Crippen LogP contribution in [0.2, 0.25) is 0 Å². The van der Waals surface area contributed by atoms with Crippen molar-refractivity contribution < 1.29 is 14.3 Å². The summed E-state index contributed by atoms with van der Waals surface area (Å²) < 4.78 is 14.7. The minimum Gasteiger partial charge on any atom is -0.389 e. The highest BCUT2D eigenvalue weighted by atomic mass is 19.1. The molecule has 0 spiro atoms. The maximum Gasteiger partial charge on any atom is 0.237 e. The Balaban J connectivity index is 1.52. The van der Waals surface area contributed by atoms with Crippen molar-refractivity contribution >= 4 is 5.91 Å². The molecule has 1 saturated carbocycles. The Bertz CT molecular complexity index is 863. The van der Waals surface area contributed by atoms with Crippen LogP contribution in [-0.2, 0) is 11.2 Å². The molecule has 29 heavy (non-hydrogen) atoms. The van der Waals surface area contributed by atoms with E-state index in [0.29, 0.717) is 18.7 Å². The average molecular weight is 397 g/mol. The van der Waals surface area contributed by atoms with E-state index in [1.165, 1.54) is 12.5 Å². The van der Waals surface area contributed by atoms with Gasteiger partial charge in [-0.15, -0.1) is 0 Å². The predicted molar refractivity (Wildman–Crippen MR) is 111 cm³/mol. The Kier molecular flexibility index (Phi) is 5.97. The Morgan fingerprint density at radius 1 is 1.07 bits per heavy atom. The third kappa shape index (κ3) is 4.36. The lowest BCUT2D eigenvalue weighted by atomic mass is 9.85. The molecule has 1 aliphatic carbocycles. The van der Waals surface area contributed by atoms with Crippen LogP contribution in [0.3, 0.4) is 0 Å². The molecule has 0 bridgehead atoms. The molecule has 1 atom stereocenters. The van der Waals surface area contributed by atoms with E-state index in [1.807, 2.05) is 24.3 Å². The summed E-state index contributed by atoms with van der Waals surface area (Å²) in [6, 6.07) is 14.3. The van der Waals surface area contributed by atoms with Crippen molar-refractivity contribution in [3.63, 3.8) is 0 Å². The number of benzene rings is 2. The van der Waals surface area contributed by atoms with Crippen LogP contribution in [0.5, 0.6) is 0 Å². The molecule has 154 valence electrons. The molecule has 1 amide bonds. The molecule has 2 aromatic carbocycles. The summed E-state index contributed by atoms with van der Waals surface area (Å²) in [5.74, 6) is -0.358. The summed E-state index contributed by atoms with van der Waals surface area (Å²) >= 11 is 0. The van der Waals surface area contributed by atoms with Crippen LogP contribution in [-0.4, -0.2) is 41.1 Å². The molecule has 0 aromatic heterocycles. The number of nitrogens with zero attached hydrogens (tertiary/aromatic N) is 1. The first-order valence-corrected chi connectivity index (χ1v) is 10.6. The average Bonchev–Trinajstić information content (AvgIpc) is 2.74. The Morgan fingerprint density at radius 2 is 1.76 bits per heavy atom. The highest BCUT2D eigenvalue weighted by Gasteiger charge is 2.34. The fourth-order valence-electron chi connectivity index (χ4n) is 4.76. The van der Waals surface area contributed by atoms with Gasteiger partial charge in [0, 0.05) is 18.7 Å². The topological polar surface area (TPSA) is 52.6 Å². The fraction of sp³-hybridized carbons (Fsp3) is 0.458. The second-order valence-corrected chi connectivity index (χ2v) is 8.35. The van der Waals surface area contributed by atoms with Gasteiger partial charge in [0.05, 0.1) is 18.2 Å². The third-order valence-electron chi connectivity index (χ3n) is 6.32. The van der Waals surface area contributed by atoms with Gasteiger partial charge in [0.1, 0.15) is 5.82 Å². The second kappa shape index (κ2) is 8.64. The molecule has 0 radical (unpaired) electrons. The van der Waals surface area contributed by atoms with Crippen LogP contribution in [0.25, 0.3) is 0 Å². The van der Waals surface area contributed by atoms with Gasteiger partial charge in [0.2, 0.25) is 5.91 Å². The van der Waals surface area contributed by atoms with Gasteiger partial charge >= 0.3 is 0 Å². The molecule has 4 rings (SSSR count). The number of aliphatic hydroxyl groups is 1. The number of nitrogens with one attached hydrogen (secondary N) is 1. The quantitative estimate of drug-likeness (QED) is 0.812. The number of fused-ring (bicyclic) bond motifs is 1. The first-order valence-electron chi connectivity index (χ1n) is 10.6. The summed E-state index contributed by atoms with van der Waals surface area (Å²) in [4.78, 5) is 14.9. The van der Waals surface area contributed by atoms with Crippen LogP contribution < -0.4 is 5.32 Å². The van der Waals surface area contributed by atoms with Crippen molar-refractivity contribution in [2.45, 2.75) is 50.2 Å². The van der Waals surface area contributed by atoms with Crippen molar-refractivity contribution in [3.05, 3.63) is 71.0 Å². The largest absolute Gasteiger partial charge is 0.389 e. The molecule has 1 heterocycles. The van der Waals surface area contributed by atoms with E-state index in [9.17, 15) is 14.3 Å². The van der Waals surface area contributed by atoms with Gasteiger partial charge in [0.25, 0.3) is 0 Å². The number of rotatable bonds is 5. The Morgan fingerprint density at radius 3 is 2.52 bits per heavy atom. The van der Waals surface area contributed by atoms with Gasteiger partial charge in [-0.1, -0.05) is 61.7 Å². The summed E-state index contributed by atoms with van der Waals surface area (Å²) in [5, 5.41) is 13.8. The molecular formula is C24H29FN2O2. The van der Waals surface area contributed by atoms with Gasteiger partial charge in [-0.2, -0.15) is 0 Å². The van der Waals surface area contributed by atoms with Crippen LogP contribution >= 0.6 is 0 Å². The van der Waals surface area contributed by atoms with E-state index >= 15 is 0 Å². The molecule has 1 fully saturated rings. The van der Waals surface area contributed by atoms with E-state index in [0.717, 1.165) is 43.2 Å². The number of hydrogen-bond acceptors (Lipinski definition) is 3. The minimum absolute atomic E-state index is 0.0628. The minimum atomic E-state index is -0.710. The summed E-state index contributed by atoms with van der Waals surface area (Å²) in [6.07, 6.45) is 5.55. The van der Waals surface area contributed by atoms with Crippen LogP contribution in [0.15, 0.2) is 48.5 Å². The molecule has 5 heteroatoms. The molecule has 2 aliphatic rings. The monoisotopic (exact) mass is 396 g/mol.